The van der Waals surface area contributed by atoms with E-state index in [1.165, 1.54) is 4.90 Å². The van der Waals surface area contributed by atoms with Crippen molar-refractivity contribution in [3.63, 3.8) is 0 Å². The van der Waals surface area contributed by atoms with E-state index in [4.69, 9.17) is 0 Å². The van der Waals surface area contributed by atoms with Crippen molar-refractivity contribution in [3.05, 3.63) is 137 Å². The van der Waals surface area contributed by atoms with Gasteiger partial charge in [0.05, 0.1) is 11.3 Å². The van der Waals surface area contributed by atoms with Crippen LogP contribution >= 0.6 is 0 Å². The number of imide groups is 1. The molecule has 7 rings (SSSR count). The van der Waals surface area contributed by atoms with Gasteiger partial charge in [-0.15, -0.1) is 0 Å². The number of rotatable bonds is 6. The van der Waals surface area contributed by atoms with Gasteiger partial charge in [-0.2, -0.15) is 0 Å². The molecule has 2 aliphatic rings. The zero-order chi connectivity index (χ0) is 27.9. The van der Waals surface area contributed by atoms with Crippen LogP contribution in [0.3, 0.4) is 0 Å². The van der Waals surface area contributed by atoms with Crippen LogP contribution < -0.4 is 10.2 Å². The van der Waals surface area contributed by atoms with Gasteiger partial charge in [-0.05, 0) is 41.3 Å². The normalized spacial score (nSPS) is 18.0. The summed E-state index contributed by atoms with van der Waals surface area (Å²) in [6.45, 7) is 0.436. The molecule has 0 bridgehead atoms. The molecular formula is C34H28N4O3. The Labute approximate surface area is 237 Å². The monoisotopic (exact) mass is 540 g/mol. The Balaban J connectivity index is 1.24. The minimum absolute atomic E-state index is 0.294. The van der Waals surface area contributed by atoms with E-state index in [1.807, 2.05) is 78.9 Å². The maximum Gasteiger partial charge on any atom is 0.332 e. The summed E-state index contributed by atoms with van der Waals surface area (Å²) in [7, 11) is 0. The van der Waals surface area contributed by atoms with Crippen LogP contribution in [0.5, 0.6) is 0 Å². The minimum atomic E-state index is -0.686. The van der Waals surface area contributed by atoms with Crippen LogP contribution in [0, 0.1) is 0 Å². The van der Waals surface area contributed by atoms with Crippen LogP contribution in [0.25, 0.3) is 10.9 Å². The molecule has 0 radical (unpaired) electrons. The molecule has 202 valence electrons. The zero-order valence-corrected chi connectivity index (χ0v) is 22.3. The van der Waals surface area contributed by atoms with Crippen molar-refractivity contribution in [3.8, 4) is 0 Å². The Hall–Kier alpha value is -5.17. The number of H-pyrrole nitrogens is 1. The molecule has 4 amide bonds. The van der Waals surface area contributed by atoms with Crippen LogP contribution in [0.1, 0.15) is 38.8 Å². The summed E-state index contributed by atoms with van der Waals surface area (Å²) >= 11 is 0. The second kappa shape index (κ2) is 10.1. The van der Waals surface area contributed by atoms with Crippen LogP contribution in [0.2, 0.25) is 0 Å². The molecule has 0 unspecified atom stereocenters. The van der Waals surface area contributed by atoms with Crippen LogP contribution in [0.15, 0.2) is 109 Å². The van der Waals surface area contributed by atoms with Crippen LogP contribution in [-0.4, -0.2) is 40.3 Å². The molecule has 3 heterocycles. The van der Waals surface area contributed by atoms with Gasteiger partial charge in [0.1, 0.15) is 12.1 Å². The molecule has 0 aliphatic carbocycles. The van der Waals surface area contributed by atoms with Crippen molar-refractivity contribution in [2.45, 2.75) is 24.9 Å². The smallest absolute Gasteiger partial charge is 0.332 e. The summed E-state index contributed by atoms with van der Waals surface area (Å²) in [6.07, 6.45) is 1.08. The quantitative estimate of drug-likeness (QED) is 0.274. The van der Waals surface area contributed by atoms with Crippen molar-refractivity contribution < 1.29 is 14.4 Å². The number of para-hydroxylation sites is 2. The molecule has 1 aromatic heterocycles. The standard InChI is InChI=1S/C34H28N4O3/c39-32(35-20-19-22-11-3-1-4-12-22)25-16-8-10-18-28(25)38-33(40)29-21-26-24-15-7-9-17-27(24)36-30(26)31(37(29)34(38)41)23-13-5-2-6-14-23/h1-18,29,31,36H,19-21H2,(H,35,39)/t29-,31-/m0/s1. The summed E-state index contributed by atoms with van der Waals surface area (Å²) in [6, 6.07) is 33.0. The number of nitrogens with one attached hydrogen (secondary N) is 2. The first-order valence-electron chi connectivity index (χ1n) is 13.8. The summed E-state index contributed by atoms with van der Waals surface area (Å²) in [5.41, 5.74) is 5.57. The Bertz CT molecular complexity index is 1780. The van der Waals surface area contributed by atoms with E-state index < -0.39 is 18.1 Å². The number of hydrogen-bond donors (Lipinski definition) is 2. The first-order valence-corrected chi connectivity index (χ1v) is 13.8. The van der Waals surface area contributed by atoms with Crippen molar-refractivity contribution >= 4 is 34.4 Å². The lowest BCUT2D eigenvalue weighted by Gasteiger charge is -2.36. The summed E-state index contributed by atoms with van der Waals surface area (Å²) < 4.78 is 0. The number of carbonyl (C=O) groups is 3. The van der Waals surface area contributed by atoms with Gasteiger partial charge in [-0.1, -0.05) is 91.0 Å². The number of aromatic amines is 1. The maximum absolute atomic E-state index is 14.2. The highest BCUT2D eigenvalue weighted by Gasteiger charge is 2.53. The first-order chi connectivity index (χ1) is 20.1. The Morgan fingerprint density at radius 2 is 1.51 bits per heavy atom. The van der Waals surface area contributed by atoms with E-state index >= 15 is 0 Å². The molecule has 41 heavy (non-hydrogen) atoms. The highest BCUT2D eigenvalue weighted by molar-refractivity contribution is 6.24. The number of anilines is 1. The molecule has 5 aromatic rings. The fourth-order valence-corrected chi connectivity index (χ4v) is 6.20. The van der Waals surface area contributed by atoms with E-state index in [2.05, 4.69) is 16.4 Å². The molecule has 7 heteroatoms. The first kappa shape index (κ1) is 24.8. The summed E-state index contributed by atoms with van der Waals surface area (Å²) in [4.78, 5) is 48.1. The summed E-state index contributed by atoms with van der Waals surface area (Å²) in [5, 5.41) is 4.02. The number of nitrogens with zero attached hydrogens (tertiary/aromatic N) is 2. The van der Waals surface area contributed by atoms with Crippen molar-refractivity contribution in [1.29, 1.82) is 0 Å². The lowest BCUT2D eigenvalue weighted by atomic mass is 9.89. The van der Waals surface area contributed by atoms with E-state index in [0.29, 0.717) is 30.6 Å². The number of fused-ring (bicyclic) bond motifs is 4. The van der Waals surface area contributed by atoms with Gasteiger partial charge in [0.15, 0.2) is 0 Å². The number of benzene rings is 4. The van der Waals surface area contributed by atoms with Gasteiger partial charge in [-0.25, -0.2) is 9.69 Å². The molecule has 1 fully saturated rings. The number of urea groups is 1. The van der Waals surface area contributed by atoms with Gasteiger partial charge in [-0.3, -0.25) is 14.5 Å². The number of aromatic nitrogens is 1. The topological polar surface area (TPSA) is 85.5 Å². The number of hydrogen-bond acceptors (Lipinski definition) is 3. The van der Waals surface area contributed by atoms with Crippen molar-refractivity contribution in [2.24, 2.45) is 0 Å². The fraction of sp³-hybridized carbons (Fsp3) is 0.147. The average molecular weight is 541 g/mol. The van der Waals surface area contributed by atoms with Crippen molar-refractivity contribution in [2.75, 3.05) is 11.4 Å². The van der Waals surface area contributed by atoms with E-state index in [0.717, 1.165) is 33.3 Å². The van der Waals surface area contributed by atoms with Crippen LogP contribution in [-0.2, 0) is 17.6 Å². The lowest BCUT2D eigenvalue weighted by molar-refractivity contribution is -0.120. The predicted octanol–water partition coefficient (Wildman–Crippen LogP) is 5.62. The number of amides is 4. The van der Waals surface area contributed by atoms with E-state index in [9.17, 15) is 14.4 Å². The van der Waals surface area contributed by atoms with Gasteiger partial charge < -0.3 is 10.3 Å². The third-order valence-corrected chi connectivity index (χ3v) is 8.10. The number of carbonyl (C=O) groups excluding carboxylic acids is 3. The third kappa shape index (κ3) is 4.17. The Morgan fingerprint density at radius 1 is 0.829 bits per heavy atom. The minimum Gasteiger partial charge on any atom is -0.356 e. The van der Waals surface area contributed by atoms with Gasteiger partial charge in [0, 0.05) is 29.6 Å². The predicted molar refractivity (Wildman–Crippen MR) is 158 cm³/mol. The average Bonchev–Trinajstić information content (AvgIpc) is 3.51. The largest absolute Gasteiger partial charge is 0.356 e. The molecule has 4 aromatic carbocycles. The molecule has 2 atom stereocenters. The second-order valence-corrected chi connectivity index (χ2v) is 10.5. The highest BCUT2D eigenvalue weighted by atomic mass is 16.2. The molecule has 0 spiro atoms. The molecule has 2 N–H and O–H groups in total. The lowest BCUT2D eigenvalue weighted by Crippen LogP contribution is -2.44. The SMILES string of the molecule is O=C(NCCc1ccccc1)c1ccccc1N1C(=O)[C@@H]2Cc3c([nH]c4ccccc34)[C@H](c3ccccc3)N2C1=O. The molecule has 1 saturated heterocycles. The van der Waals surface area contributed by atoms with Gasteiger partial charge >= 0.3 is 6.03 Å². The van der Waals surface area contributed by atoms with Gasteiger partial charge in [0.2, 0.25) is 0 Å². The molecule has 7 nitrogen and oxygen atoms in total. The summed E-state index contributed by atoms with van der Waals surface area (Å²) in [5.74, 6) is -0.644. The zero-order valence-electron chi connectivity index (χ0n) is 22.3. The Kier molecular flexibility index (Phi) is 6.12. The van der Waals surface area contributed by atoms with Crippen molar-refractivity contribution in [1.82, 2.24) is 15.2 Å². The molecule has 2 aliphatic heterocycles. The van der Waals surface area contributed by atoms with Gasteiger partial charge in [0.25, 0.3) is 11.8 Å². The second-order valence-electron chi connectivity index (χ2n) is 10.5. The third-order valence-electron chi connectivity index (χ3n) is 8.10. The van der Waals surface area contributed by atoms with E-state index in [-0.39, 0.29) is 11.8 Å². The molecular weight excluding hydrogens is 512 g/mol. The highest BCUT2D eigenvalue weighted by Crippen LogP contribution is 2.45. The molecule has 0 saturated carbocycles. The maximum atomic E-state index is 14.2. The Morgan fingerprint density at radius 3 is 2.32 bits per heavy atom. The van der Waals surface area contributed by atoms with Crippen LogP contribution in [0.4, 0.5) is 10.5 Å². The van der Waals surface area contributed by atoms with E-state index in [1.54, 1.807) is 29.2 Å². The fourth-order valence-electron chi connectivity index (χ4n) is 6.20.